The Labute approximate surface area is 190 Å². The van der Waals surface area contributed by atoms with Crippen molar-refractivity contribution in [2.45, 2.75) is 32.0 Å². The SMILES string of the molecule is O=C1CCC(c2nc3cc(Cl)ccc3c(=O)n2Cc2ccccc2)N1Cc1ccccc1. The largest absolute Gasteiger partial charge is 0.328 e. The van der Waals surface area contributed by atoms with Crippen molar-refractivity contribution >= 4 is 28.4 Å². The molecule has 1 unspecified atom stereocenters. The zero-order chi connectivity index (χ0) is 22.1. The number of carbonyl (C=O) groups excluding carboxylic acids is 1. The highest BCUT2D eigenvalue weighted by Gasteiger charge is 2.35. The van der Waals surface area contributed by atoms with Crippen molar-refractivity contribution in [2.24, 2.45) is 0 Å². The topological polar surface area (TPSA) is 55.2 Å². The number of rotatable bonds is 5. The summed E-state index contributed by atoms with van der Waals surface area (Å²) >= 11 is 6.20. The zero-order valence-electron chi connectivity index (χ0n) is 17.4. The van der Waals surface area contributed by atoms with E-state index in [0.717, 1.165) is 11.1 Å². The van der Waals surface area contributed by atoms with Crippen LogP contribution >= 0.6 is 11.6 Å². The van der Waals surface area contributed by atoms with Crippen LogP contribution in [0.2, 0.25) is 5.02 Å². The molecule has 32 heavy (non-hydrogen) atoms. The number of likely N-dealkylation sites (tertiary alicyclic amines) is 1. The molecular formula is C26H22ClN3O2. The number of nitrogens with zero attached hydrogens (tertiary/aromatic N) is 3. The van der Waals surface area contributed by atoms with Crippen LogP contribution in [0.5, 0.6) is 0 Å². The maximum absolute atomic E-state index is 13.5. The van der Waals surface area contributed by atoms with Gasteiger partial charge in [-0.2, -0.15) is 0 Å². The molecule has 0 bridgehead atoms. The highest BCUT2D eigenvalue weighted by molar-refractivity contribution is 6.31. The Kier molecular flexibility index (Phi) is 5.50. The first-order valence-corrected chi connectivity index (χ1v) is 11.1. The second kappa shape index (κ2) is 8.60. The summed E-state index contributed by atoms with van der Waals surface area (Å²) in [6.07, 6.45) is 1.06. The van der Waals surface area contributed by atoms with Gasteiger partial charge in [-0.1, -0.05) is 72.3 Å². The summed E-state index contributed by atoms with van der Waals surface area (Å²) in [6.45, 7) is 0.879. The molecule has 0 spiro atoms. The Balaban J connectivity index is 1.64. The highest BCUT2D eigenvalue weighted by Crippen LogP contribution is 2.34. The summed E-state index contributed by atoms with van der Waals surface area (Å²) < 4.78 is 1.72. The lowest BCUT2D eigenvalue weighted by Gasteiger charge is -2.27. The molecule has 2 heterocycles. The minimum absolute atomic E-state index is 0.0746. The molecule has 0 saturated carbocycles. The average Bonchev–Trinajstić information content (AvgIpc) is 3.16. The molecule has 5 nitrogen and oxygen atoms in total. The molecule has 0 N–H and O–H groups in total. The van der Waals surface area contributed by atoms with Gasteiger partial charge < -0.3 is 4.90 Å². The first kappa shape index (κ1) is 20.5. The molecule has 0 aliphatic carbocycles. The molecular weight excluding hydrogens is 422 g/mol. The molecule has 1 aliphatic rings. The Hall–Kier alpha value is -3.44. The summed E-state index contributed by atoms with van der Waals surface area (Å²) in [5.41, 5.74) is 2.49. The van der Waals surface area contributed by atoms with Gasteiger partial charge in [-0.15, -0.1) is 0 Å². The van der Waals surface area contributed by atoms with E-state index in [0.29, 0.717) is 47.7 Å². The average molecular weight is 444 g/mol. The van der Waals surface area contributed by atoms with Crippen LogP contribution in [0, 0.1) is 0 Å². The third kappa shape index (κ3) is 3.92. The molecule has 1 aliphatic heterocycles. The van der Waals surface area contributed by atoms with Gasteiger partial charge in [0.2, 0.25) is 5.91 Å². The fourth-order valence-electron chi connectivity index (χ4n) is 4.36. The molecule has 5 rings (SSSR count). The Morgan fingerprint density at radius 2 is 1.53 bits per heavy atom. The highest BCUT2D eigenvalue weighted by atomic mass is 35.5. The quantitative estimate of drug-likeness (QED) is 0.438. The van der Waals surface area contributed by atoms with E-state index in [2.05, 4.69) is 0 Å². The summed E-state index contributed by atoms with van der Waals surface area (Å²) in [7, 11) is 0. The molecule has 1 aromatic heterocycles. The smallest absolute Gasteiger partial charge is 0.261 e. The van der Waals surface area contributed by atoms with E-state index in [1.54, 1.807) is 22.8 Å². The molecule has 160 valence electrons. The molecule has 6 heteroatoms. The van der Waals surface area contributed by atoms with Crippen molar-refractivity contribution in [2.75, 3.05) is 0 Å². The molecule has 4 aromatic rings. The number of carbonyl (C=O) groups is 1. The number of amides is 1. The minimum atomic E-state index is -0.275. The normalized spacial score (nSPS) is 16.1. The maximum atomic E-state index is 13.5. The lowest BCUT2D eigenvalue weighted by atomic mass is 10.1. The Bertz CT molecular complexity index is 1340. The van der Waals surface area contributed by atoms with Crippen molar-refractivity contribution in [3.05, 3.63) is 111 Å². The van der Waals surface area contributed by atoms with Crippen LogP contribution in [0.3, 0.4) is 0 Å². The monoisotopic (exact) mass is 443 g/mol. The first-order chi connectivity index (χ1) is 15.6. The van der Waals surface area contributed by atoms with E-state index in [4.69, 9.17) is 16.6 Å². The summed E-state index contributed by atoms with van der Waals surface area (Å²) in [4.78, 5) is 33.1. The number of hydrogen-bond acceptors (Lipinski definition) is 3. The second-order valence-electron chi connectivity index (χ2n) is 8.07. The minimum Gasteiger partial charge on any atom is -0.328 e. The molecule has 1 atom stereocenters. The van der Waals surface area contributed by atoms with Gasteiger partial charge in [-0.05, 0) is 35.7 Å². The van der Waals surface area contributed by atoms with Crippen molar-refractivity contribution in [1.82, 2.24) is 14.5 Å². The molecule has 1 fully saturated rings. The van der Waals surface area contributed by atoms with Gasteiger partial charge in [0.25, 0.3) is 5.56 Å². The van der Waals surface area contributed by atoms with Crippen LogP contribution in [-0.2, 0) is 17.9 Å². The molecule has 3 aromatic carbocycles. The summed E-state index contributed by atoms with van der Waals surface area (Å²) in [5.74, 6) is 0.681. The van der Waals surface area contributed by atoms with E-state index >= 15 is 0 Å². The van der Waals surface area contributed by atoms with Crippen LogP contribution in [-0.4, -0.2) is 20.4 Å². The molecule has 1 amide bonds. The van der Waals surface area contributed by atoms with Crippen molar-refractivity contribution in [3.63, 3.8) is 0 Å². The van der Waals surface area contributed by atoms with Gasteiger partial charge >= 0.3 is 0 Å². The zero-order valence-corrected chi connectivity index (χ0v) is 18.2. The van der Waals surface area contributed by atoms with Crippen LogP contribution in [0.4, 0.5) is 0 Å². The number of aromatic nitrogens is 2. The number of benzene rings is 3. The van der Waals surface area contributed by atoms with Crippen LogP contribution in [0.25, 0.3) is 10.9 Å². The number of fused-ring (bicyclic) bond motifs is 1. The van der Waals surface area contributed by atoms with Gasteiger partial charge in [0.05, 0.1) is 23.5 Å². The van der Waals surface area contributed by atoms with Gasteiger partial charge in [-0.25, -0.2) is 4.98 Å². The maximum Gasteiger partial charge on any atom is 0.261 e. The molecule has 1 saturated heterocycles. The van der Waals surface area contributed by atoms with E-state index < -0.39 is 0 Å². The third-order valence-corrected chi connectivity index (χ3v) is 6.19. The van der Waals surface area contributed by atoms with Crippen molar-refractivity contribution < 1.29 is 4.79 Å². The van der Waals surface area contributed by atoms with E-state index in [-0.39, 0.29) is 17.5 Å². The van der Waals surface area contributed by atoms with Gasteiger partial charge in [0.1, 0.15) is 5.82 Å². The second-order valence-corrected chi connectivity index (χ2v) is 8.51. The van der Waals surface area contributed by atoms with Crippen LogP contribution in [0.15, 0.2) is 83.7 Å². The standard InChI is InChI=1S/C26H22ClN3O2/c27-20-11-12-21-22(15-20)28-25(30(26(21)32)17-19-9-5-2-6-10-19)23-13-14-24(31)29(23)16-18-7-3-1-4-8-18/h1-12,15,23H,13-14,16-17H2. The van der Waals surface area contributed by atoms with Gasteiger partial charge in [-0.3, -0.25) is 14.2 Å². The van der Waals surface area contributed by atoms with Crippen LogP contribution in [0.1, 0.15) is 35.8 Å². The van der Waals surface area contributed by atoms with E-state index in [9.17, 15) is 9.59 Å². The van der Waals surface area contributed by atoms with Gasteiger partial charge in [0.15, 0.2) is 0 Å². The summed E-state index contributed by atoms with van der Waals surface area (Å²) in [6, 6.07) is 24.6. The van der Waals surface area contributed by atoms with Crippen LogP contribution < -0.4 is 5.56 Å². The molecule has 0 radical (unpaired) electrons. The predicted octanol–water partition coefficient (Wildman–Crippen LogP) is 4.96. The van der Waals surface area contributed by atoms with E-state index in [1.165, 1.54) is 0 Å². The predicted molar refractivity (Wildman–Crippen MR) is 126 cm³/mol. The van der Waals surface area contributed by atoms with E-state index in [1.807, 2.05) is 65.6 Å². The van der Waals surface area contributed by atoms with Gasteiger partial charge in [0, 0.05) is 18.0 Å². The lowest BCUT2D eigenvalue weighted by molar-refractivity contribution is -0.129. The third-order valence-electron chi connectivity index (χ3n) is 5.95. The Morgan fingerprint density at radius 3 is 2.22 bits per heavy atom. The lowest BCUT2D eigenvalue weighted by Crippen LogP contribution is -2.34. The number of hydrogen-bond donors (Lipinski definition) is 0. The Morgan fingerprint density at radius 1 is 0.875 bits per heavy atom. The fourth-order valence-corrected chi connectivity index (χ4v) is 4.53. The first-order valence-electron chi connectivity index (χ1n) is 10.7. The number of halogens is 1. The van der Waals surface area contributed by atoms with Crippen molar-refractivity contribution in [1.29, 1.82) is 0 Å². The fraction of sp³-hybridized carbons (Fsp3) is 0.192. The van der Waals surface area contributed by atoms with Crippen molar-refractivity contribution in [3.8, 4) is 0 Å². The summed E-state index contributed by atoms with van der Waals surface area (Å²) in [5, 5.41) is 1.05.